The second kappa shape index (κ2) is 7.36. The highest BCUT2D eigenvalue weighted by Gasteiger charge is 2.18. The minimum absolute atomic E-state index is 0.0356. The fourth-order valence-electron chi connectivity index (χ4n) is 1.55. The molecule has 4 heteroatoms. The lowest BCUT2D eigenvalue weighted by Crippen LogP contribution is -2.40. The summed E-state index contributed by atoms with van der Waals surface area (Å²) in [5, 5.41) is 0. The van der Waals surface area contributed by atoms with Gasteiger partial charge in [-0.05, 0) is 25.5 Å². The summed E-state index contributed by atoms with van der Waals surface area (Å²) in [6.45, 7) is 3.68. The monoisotopic (exact) mass is 261 g/mol. The van der Waals surface area contributed by atoms with E-state index in [1.165, 1.54) is 18.1 Å². The van der Waals surface area contributed by atoms with Crippen LogP contribution in [0.25, 0.3) is 6.08 Å². The first-order valence-corrected chi connectivity index (χ1v) is 6.15. The maximum Gasteiger partial charge on any atom is 0.325 e. The Morgan fingerprint density at radius 3 is 2.42 bits per heavy atom. The average molecular weight is 261 g/mol. The standard InChI is InChI=1S/C15H19NO3/c1-12(2)16(11-15(18)19-3)14(17)10-9-13-7-5-4-6-8-13/h4-10,12H,11H2,1-3H3. The molecule has 4 nitrogen and oxygen atoms in total. The highest BCUT2D eigenvalue weighted by Crippen LogP contribution is 2.05. The van der Waals surface area contributed by atoms with Gasteiger partial charge in [0.1, 0.15) is 6.54 Å². The van der Waals surface area contributed by atoms with E-state index < -0.39 is 5.97 Å². The van der Waals surface area contributed by atoms with Gasteiger partial charge in [0.15, 0.2) is 0 Å². The van der Waals surface area contributed by atoms with Gasteiger partial charge in [0.2, 0.25) is 5.91 Å². The molecule has 0 spiro atoms. The highest BCUT2D eigenvalue weighted by atomic mass is 16.5. The van der Waals surface area contributed by atoms with E-state index in [1.807, 2.05) is 44.2 Å². The molecule has 1 aromatic rings. The number of benzene rings is 1. The van der Waals surface area contributed by atoms with Crippen molar-refractivity contribution in [1.82, 2.24) is 4.90 Å². The molecule has 0 saturated carbocycles. The van der Waals surface area contributed by atoms with Gasteiger partial charge in [-0.1, -0.05) is 30.3 Å². The van der Waals surface area contributed by atoms with Gasteiger partial charge in [-0.3, -0.25) is 9.59 Å². The summed E-state index contributed by atoms with van der Waals surface area (Å²) in [4.78, 5) is 24.8. The number of carbonyl (C=O) groups is 2. The van der Waals surface area contributed by atoms with Crippen LogP contribution in [0.2, 0.25) is 0 Å². The van der Waals surface area contributed by atoms with Gasteiger partial charge in [-0.2, -0.15) is 0 Å². The molecule has 0 atom stereocenters. The molecule has 1 amide bonds. The van der Waals surface area contributed by atoms with Crippen LogP contribution in [0, 0.1) is 0 Å². The number of nitrogens with zero attached hydrogens (tertiary/aromatic N) is 1. The van der Waals surface area contributed by atoms with Crippen molar-refractivity contribution < 1.29 is 14.3 Å². The van der Waals surface area contributed by atoms with Gasteiger partial charge in [-0.15, -0.1) is 0 Å². The molecule has 0 fully saturated rings. The van der Waals surface area contributed by atoms with Gasteiger partial charge >= 0.3 is 5.97 Å². The van der Waals surface area contributed by atoms with Crippen LogP contribution >= 0.6 is 0 Å². The Morgan fingerprint density at radius 1 is 1.26 bits per heavy atom. The molecule has 0 aliphatic carbocycles. The van der Waals surface area contributed by atoms with Crippen molar-refractivity contribution >= 4 is 18.0 Å². The molecule has 0 bridgehead atoms. The molecule has 0 radical (unpaired) electrons. The molecule has 0 unspecified atom stereocenters. The number of methoxy groups -OCH3 is 1. The van der Waals surface area contributed by atoms with E-state index in [9.17, 15) is 9.59 Å². The summed E-state index contributed by atoms with van der Waals surface area (Å²) < 4.78 is 4.59. The van der Waals surface area contributed by atoms with Crippen molar-refractivity contribution in [2.45, 2.75) is 19.9 Å². The Morgan fingerprint density at radius 2 is 1.89 bits per heavy atom. The summed E-state index contributed by atoms with van der Waals surface area (Å²) >= 11 is 0. The number of hydrogen-bond donors (Lipinski definition) is 0. The average Bonchev–Trinajstić information content (AvgIpc) is 2.42. The van der Waals surface area contributed by atoms with Crippen LogP contribution in [-0.2, 0) is 14.3 Å². The Balaban J connectivity index is 2.72. The van der Waals surface area contributed by atoms with Crippen LogP contribution in [-0.4, -0.2) is 36.5 Å². The van der Waals surface area contributed by atoms with Crippen LogP contribution in [0.4, 0.5) is 0 Å². The van der Waals surface area contributed by atoms with E-state index in [-0.39, 0.29) is 18.5 Å². The van der Waals surface area contributed by atoms with Crippen molar-refractivity contribution in [1.29, 1.82) is 0 Å². The van der Waals surface area contributed by atoms with E-state index >= 15 is 0 Å². The first-order valence-electron chi connectivity index (χ1n) is 6.15. The Hall–Kier alpha value is -2.10. The molecule has 0 saturated heterocycles. The molecule has 1 rings (SSSR count). The summed E-state index contributed by atoms with van der Waals surface area (Å²) in [6, 6.07) is 9.47. The molecule has 0 heterocycles. The van der Waals surface area contributed by atoms with Gasteiger partial charge in [0.25, 0.3) is 0 Å². The van der Waals surface area contributed by atoms with Crippen molar-refractivity contribution in [3.05, 3.63) is 42.0 Å². The molecule has 0 aliphatic heterocycles. The molecular weight excluding hydrogens is 242 g/mol. The Kier molecular flexibility index (Phi) is 5.79. The molecule has 19 heavy (non-hydrogen) atoms. The predicted molar refractivity (Wildman–Crippen MR) is 74.3 cm³/mol. The second-order valence-electron chi connectivity index (χ2n) is 4.38. The van der Waals surface area contributed by atoms with Crippen molar-refractivity contribution in [2.24, 2.45) is 0 Å². The van der Waals surface area contributed by atoms with E-state index in [2.05, 4.69) is 4.74 Å². The zero-order valence-corrected chi connectivity index (χ0v) is 11.5. The molecule has 0 aromatic heterocycles. The summed E-state index contributed by atoms with van der Waals surface area (Å²) in [5.41, 5.74) is 0.942. The molecule has 0 N–H and O–H groups in total. The normalized spacial score (nSPS) is 10.7. The molecule has 1 aromatic carbocycles. The lowest BCUT2D eigenvalue weighted by Gasteiger charge is -2.23. The van der Waals surface area contributed by atoms with Crippen LogP contribution in [0.1, 0.15) is 19.4 Å². The van der Waals surface area contributed by atoms with Crippen molar-refractivity contribution in [3.8, 4) is 0 Å². The quantitative estimate of drug-likeness (QED) is 0.602. The van der Waals surface area contributed by atoms with Crippen molar-refractivity contribution in [2.75, 3.05) is 13.7 Å². The van der Waals surface area contributed by atoms with E-state index in [0.29, 0.717) is 0 Å². The van der Waals surface area contributed by atoms with Crippen LogP contribution in [0.15, 0.2) is 36.4 Å². The third-order valence-corrected chi connectivity index (χ3v) is 2.65. The second-order valence-corrected chi connectivity index (χ2v) is 4.38. The summed E-state index contributed by atoms with van der Waals surface area (Å²) in [7, 11) is 1.31. The predicted octanol–water partition coefficient (Wildman–Crippen LogP) is 2.11. The first kappa shape index (κ1) is 15.0. The Bertz CT molecular complexity index is 452. The summed E-state index contributed by atoms with van der Waals surface area (Å²) in [6.07, 6.45) is 3.20. The smallest absolute Gasteiger partial charge is 0.325 e. The minimum Gasteiger partial charge on any atom is -0.468 e. The molecule has 0 aliphatic rings. The van der Waals surface area contributed by atoms with Crippen LogP contribution in [0.3, 0.4) is 0 Å². The van der Waals surface area contributed by atoms with E-state index in [4.69, 9.17) is 0 Å². The highest BCUT2D eigenvalue weighted by molar-refractivity contribution is 5.93. The van der Waals surface area contributed by atoms with Gasteiger partial charge < -0.3 is 9.64 Å². The largest absolute Gasteiger partial charge is 0.468 e. The van der Waals surface area contributed by atoms with Crippen molar-refractivity contribution in [3.63, 3.8) is 0 Å². The van der Waals surface area contributed by atoms with Gasteiger partial charge in [0, 0.05) is 12.1 Å². The lowest BCUT2D eigenvalue weighted by molar-refractivity contribution is -0.146. The Labute approximate surface area is 113 Å². The fraction of sp³-hybridized carbons (Fsp3) is 0.333. The number of ether oxygens (including phenoxy) is 1. The van der Waals surface area contributed by atoms with Gasteiger partial charge in [0.05, 0.1) is 7.11 Å². The topological polar surface area (TPSA) is 46.6 Å². The number of esters is 1. The van der Waals surface area contributed by atoms with Gasteiger partial charge in [-0.25, -0.2) is 0 Å². The lowest BCUT2D eigenvalue weighted by atomic mass is 10.2. The summed E-state index contributed by atoms with van der Waals surface area (Å²) in [5.74, 6) is -0.626. The van der Waals surface area contributed by atoms with E-state index in [1.54, 1.807) is 6.08 Å². The maximum absolute atomic E-state index is 12.0. The zero-order valence-electron chi connectivity index (χ0n) is 11.5. The number of rotatable bonds is 5. The third kappa shape index (κ3) is 4.95. The number of amides is 1. The first-order chi connectivity index (χ1) is 9.04. The number of hydrogen-bond acceptors (Lipinski definition) is 3. The molecule has 102 valence electrons. The fourth-order valence-corrected chi connectivity index (χ4v) is 1.55. The molecular formula is C15H19NO3. The third-order valence-electron chi connectivity index (χ3n) is 2.65. The van der Waals surface area contributed by atoms with Crippen LogP contribution < -0.4 is 0 Å². The minimum atomic E-state index is -0.421. The SMILES string of the molecule is COC(=O)CN(C(=O)C=Cc1ccccc1)C(C)C. The number of carbonyl (C=O) groups excluding carboxylic acids is 2. The zero-order chi connectivity index (χ0) is 14.3. The van der Waals surface area contributed by atoms with Crippen LogP contribution in [0.5, 0.6) is 0 Å². The maximum atomic E-state index is 12.0. The van der Waals surface area contributed by atoms with E-state index in [0.717, 1.165) is 5.56 Å².